The van der Waals surface area contributed by atoms with Crippen molar-refractivity contribution in [1.82, 2.24) is 6.15 Å². The van der Waals surface area contributed by atoms with Gasteiger partial charge in [0.1, 0.15) is 0 Å². The van der Waals surface area contributed by atoms with Crippen LogP contribution in [-0.4, -0.2) is 0 Å². The Morgan fingerprint density at radius 3 is 1.05 bits per heavy atom. The van der Waals surface area contributed by atoms with Crippen LogP contribution in [0.1, 0.15) is 26.7 Å². The third-order valence-corrected chi connectivity index (χ3v) is 3.89. The smallest absolute Gasteiger partial charge is 0.00268 e. The van der Waals surface area contributed by atoms with Crippen LogP contribution in [-0.2, 0) is 0 Å². The summed E-state index contributed by atoms with van der Waals surface area (Å²) in [6.07, 6.45) is 2.64. The lowest BCUT2D eigenvalue weighted by Crippen LogP contribution is -1.82. The van der Waals surface area contributed by atoms with E-state index in [4.69, 9.17) is 0 Å². The van der Waals surface area contributed by atoms with Crippen molar-refractivity contribution in [3.8, 4) is 0 Å². The number of halogens is 1. The van der Waals surface area contributed by atoms with E-state index < -0.39 is 0 Å². The second-order valence-corrected chi connectivity index (χ2v) is 5.29. The average molecular weight is 314 g/mol. The monoisotopic (exact) mass is 313 g/mol. The highest BCUT2D eigenvalue weighted by atomic mass is 35.5. The molecule has 0 saturated carbocycles. The largest absolute Gasteiger partial charge is 0.344 e. The van der Waals surface area contributed by atoms with Gasteiger partial charge in [-0.2, -0.15) is 0 Å². The molecule has 4 rings (SSSR count). The minimum absolute atomic E-state index is 0. The first kappa shape index (κ1) is 18.2. The van der Waals surface area contributed by atoms with Crippen LogP contribution in [0.5, 0.6) is 0 Å². The predicted octanol–water partition coefficient (Wildman–Crippen LogP) is 6.97. The lowest BCUT2D eigenvalue weighted by molar-refractivity contribution is 0.886. The molecule has 22 heavy (non-hydrogen) atoms. The molecule has 0 heterocycles. The Morgan fingerprint density at radius 2 is 0.818 bits per heavy atom. The topological polar surface area (TPSA) is 35.0 Å². The van der Waals surface area contributed by atoms with E-state index in [2.05, 4.69) is 74.5 Å². The van der Waals surface area contributed by atoms with E-state index in [1.165, 1.54) is 45.2 Å². The van der Waals surface area contributed by atoms with E-state index in [0.29, 0.717) is 0 Å². The van der Waals surface area contributed by atoms with Crippen molar-refractivity contribution in [2.45, 2.75) is 26.7 Å². The van der Waals surface area contributed by atoms with Gasteiger partial charge in [0.15, 0.2) is 0 Å². The van der Waals surface area contributed by atoms with Gasteiger partial charge in [0.2, 0.25) is 0 Å². The molecule has 2 heteroatoms. The summed E-state index contributed by atoms with van der Waals surface area (Å²) in [4.78, 5) is 0. The number of rotatable bonds is 1. The molecule has 116 valence electrons. The summed E-state index contributed by atoms with van der Waals surface area (Å²) in [6.45, 7) is 4.36. The van der Waals surface area contributed by atoms with Crippen molar-refractivity contribution >= 4 is 44.7 Å². The quantitative estimate of drug-likeness (QED) is 0.378. The third kappa shape index (κ3) is 3.16. The molecule has 0 unspecified atom stereocenters. The molecule has 4 aromatic carbocycles. The summed E-state index contributed by atoms with van der Waals surface area (Å²) in [5, 5.41) is 8.14. The molecule has 3 N–H and O–H groups in total. The van der Waals surface area contributed by atoms with Crippen LogP contribution in [0.2, 0.25) is 0 Å². The Bertz CT molecular complexity index is 707. The van der Waals surface area contributed by atoms with Crippen molar-refractivity contribution in [3.63, 3.8) is 0 Å². The SMILES string of the molecule is CCCC.Cl.N.c1cc2ccc3cccc4ccc(c1)c2c34. The average Bonchev–Trinajstić information content (AvgIpc) is 2.53. The Balaban J connectivity index is 0.000000367. The van der Waals surface area contributed by atoms with Crippen LogP contribution in [0.4, 0.5) is 0 Å². The normalized spacial score (nSPS) is 9.91. The molecule has 0 saturated heterocycles. The first-order valence-corrected chi connectivity index (χ1v) is 7.47. The van der Waals surface area contributed by atoms with Gasteiger partial charge in [-0.15, -0.1) is 12.4 Å². The minimum atomic E-state index is 0. The summed E-state index contributed by atoms with van der Waals surface area (Å²) in [5.74, 6) is 0. The van der Waals surface area contributed by atoms with Crippen molar-refractivity contribution in [2.75, 3.05) is 0 Å². The molecule has 0 amide bonds. The molecule has 0 atom stereocenters. The molecule has 0 bridgehead atoms. The highest BCUT2D eigenvalue weighted by Gasteiger charge is 2.05. The van der Waals surface area contributed by atoms with E-state index in [1.54, 1.807) is 0 Å². The molecule has 0 aromatic heterocycles. The first-order chi connectivity index (χ1) is 9.85. The maximum Gasteiger partial charge on any atom is -0.00268 e. The number of unbranched alkanes of at least 4 members (excludes halogenated alkanes) is 1. The molecular formula is C20H24ClN. The zero-order chi connectivity index (χ0) is 13.9. The molecule has 0 fully saturated rings. The maximum absolute atomic E-state index is 2.21. The van der Waals surface area contributed by atoms with Crippen LogP contribution in [0.3, 0.4) is 0 Å². The fraction of sp³-hybridized carbons (Fsp3) is 0.200. The van der Waals surface area contributed by atoms with Crippen LogP contribution in [0, 0.1) is 0 Å². The summed E-state index contributed by atoms with van der Waals surface area (Å²) in [7, 11) is 0. The number of benzene rings is 4. The molecule has 4 aromatic rings. The van der Waals surface area contributed by atoms with Gasteiger partial charge in [-0.1, -0.05) is 87.4 Å². The van der Waals surface area contributed by atoms with Crippen molar-refractivity contribution in [1.29, 1.82) is 0 Å². The van der Waals surface area contributed by atoms with Gasteiger partial charge in [0.05, 0.1) is 0 Å². The van der Waals surface area contributed by atoms with Gasteiger partial charge >= 0.3 is 0 Å². The summed E-state index contributed by atoms with van der Waals surface area (Å²) < 4.78 is 0. The van der Waals surface area contributed by atoms with E-state index >= 15 is 0 Å². The number of hydrogen-bond donors (Lipinski definition) is 1. The maximum atomic E-state index is 2.21. The third-order valence-electron chi connectivity index (χ3n) is 3.89. The minimum Gasteiger partial charge on any atom is -0.344 e. The van der Waals surface area contributed by atoms with E-state index in [0.717, 1.165) is 0 Å². The molecule has 1 nitrogen and oxygen atoms in total. The van der Waals surface area contributed by atoms with Crippen molar-refractivity contribution in [3.05, 3.63) is 60.7 Å². The van der Waals surface area contributed by atoms with E-state index in [-0.39, 0.29) is 18.6 Å². The highest BCUT2D eigenvalue weighted by Crippen LogP contribution is 2.33. The molecule has 0 aliphatic rings. The fourth-order valence-electron chi connectivity index (χ4n) is 2.67. The predicted molar refractivity (Wildman–Crippen MR) is 103 cm³/mol. The zero-order valence-electron chi connectivity index (χ0n) is 13.3. The lowest BCUT2D eigenvalue weighted by atomic mass is 9.95. The summed E-state index contributed by atoms with van der Waals surface area (Å²) in [5.41, 5.74) is 0. The van der Waals surface area contributed by atoms with Gasteiger partial charge < -0.3 is 6.15 Å². The molecular weight excluding hydrogens is 290 g/mol. The summed E-state index contributed by atoms with van der Waals surface area (Å²) >= 11 is 0. The Hall–Kier alpha value is -1.83. The molecule has 0 radical (unpaired) electrons. The Labute approximate surface area is 138 Å². The first-order valence-electron chi connectivity index (χ1n) is 7.47. The standard InChI is InChI=1S/C16H10.C4H10.ClH.H3N/c1-3-11-7-9-13-5-2-6-14-10-8-12(4-1)15(11)16(13)14;1-3-4-2;;/h1-10H;3-4H2,1-2H3;1H;1H3. The molecule has 0 aliphatic carbocycles. The highest BCUT2D eigenvalue weighted by molar-refractivity contribution is 6.22. The lowest BCUT2D eigenvalue weighted by Gasteiger charge is -2.09. The fourth-order valence-corrected chi connectivity index (χ4v) is 2.67. The van der Waals surface area contributed by atoms with Crippen LogP contribution >= 0.6 is 12.4 Å². The second-order valence-electron chi connectivity index (χ2n) is 5.29. The molecule has 0 spiro atoms. The Morgan fingerprint density at radius 1 is 0.545 bits per heavy atom. The van der Waals surface area contributed by atoms with Crippen LogP contribution < -0.4 is 6.15 Å². The van der Waals surface area contributed by atoms with Gasteiger partial charge in [0.25, 0.3) is 0 Å². The van der Waals surface area contributed by atoms with Crippen molar-refractivity contribution in [2.24, 2.45) is 0 Å². The molecule has 0 aliphatic heterocycles. The van der Waals surface area contributed by atoms with Gasteiger partial charge in [0, 0.05) is 0 Å². The van der Waals surface area contributed by atoms with E-state index in [1.807, 2.05) is 0 Å². The van der Waals surface area contributed by atoms with Crippen molar-refractivity contribution < 1.29 is 0 Å². The summed E-state index contributed by atoms with van der Waals surface area (Å²) in [6, 6.07) is 21.9. The van der Waals surface area contributed by atoms with Gasteiger partial charge in [-0.25, -0.2) is 0 Å². The zero-order valence-corrected chi connectivity index (χ0v) is 14.1. The van der Waals surface area contributed by atoms with Gasteiger partial charge in [-0.3, -0.25) is 0 Å². The van der Waals surface area contributed by atoms with Crippen LogP contribution in [0.25, 0.3) is 32.3 Å². The van der Waals surface area contributed by atoms with Gasteiger partial charge in [-0.05, 0) is 32.3 Å². The second kappa shape index (κ2) is 7.98. The number of hydrogen-bond acceptors (Lipinski definition) is 1. The van der Waals surface area contributed by atoms with Crippen LogP contribution in [0.15, 0.2) is 60.7 Å². The Kier molecular flexibility index (Phi) is 6.61. The van der Waals surface area contributed by atoms with E-state index in [9.17, 15) is 0 Å².